The third kappa shape index (κ3) is 4.04. The highest BCUT2D eigenvalue weighted by atomic mass is 35.5. The molecule has 1 aliphatic heterocycles. The van der Waals surface area contributed by atoms with Crippen molar-refractivity contribution < 1.29 is 14.3 Å². The molecule has 5 rings (SSSR count). The Labute approximate surface area is 190 Å². The number of hydrogen-bond acceptors (Lipinski definition) is 7. The maximum absolute atomic E-state index is 13.0. The van der Waals surface area contributed by atoms with Gasteiger partial charge in [0.25, 0.3) is 5.91 Å². The number of rotatable bonds is 4. The smallest absolute Gasteiger partial charge is 0.277 e. The predicted molar refractivity (Wildman–Crippen MR) is 123 cm³/mol. The summed E-state index contributed by atoms with van der Waals surface area (Å²) in [7, 11) is 1.85. The van der Waals surface area contributed by atoms with Crippen LogP contribution in [0.2, 0.25) is 0 Å². The molecule has 0 radical (unpaired) electrons. The van der Waals surface area contributed by atoms with Crippen LogP contribution in [0.1, 0.15) is 22.6 Å². The summed E-state index contributed by atoms with van der Waals surface area (Å²) in [5.41, 5.74) is 4.16. The van der Waals surface area contributed by atoms with Crippen molar-refractivity contribution in [2.45, 2.75) is 19.4 Å². The molecule has 1 fully saturated rings. The van der Waals surface area contributed by atoms with Crippen molar-refractivity contribution in [2.75, 3.05) is 23.3 Å². The van der Waals surface area contributed by atoms with Gasteiger partial charge in [0.1, 0.15) is 6.26 Å². The summed E-state index contributed by atoms with van der Waals surface area (Å²) in [5.74, 6) is -0.0103. The summed E-state index contributed by atoms with van der Waals surface area (Å²) in [6.07, 6.45) is 5.13. The normalized spacial score (nSPS) is 15.7. The zero-order chi connectivity index (χ0) is 21.5. The van der Waals surface area contributed by atoms with Crippen LogP contribution in [0.15, 0.2) is 47.3 Å². The van der Waals surface area contributed by atoms with Gasteiger partial charge in [-0.25, -0.2) is 4.98 Å². The number of carbonyl (C=O) groups excluding carboxylic acids is 1. The molecular weight excluding hydrogens is 432 g/mol. The van der Waals surface area contributed by atoms with E-state index in [1.807, 2.05) is 32.2 Å². The summed E-state index contributed by atoms with van der Waals surface area (Å²) < 4.78 is 7.29. The maximum atomic E-state index is 13.0. The molecule has 32 heavy (non-hydrogen) atoms. The third-order valence-corrected chi connectivity index (χ3v) is 5.50. The fraction of sp³-hybridized carbons (Fsp3) is 0.273. The number of fused-ring (bicyclic) bond motifs is 1. The van der Waals surface area contributed by atoms with Crippen molar-refractivity contribution in [1.82, 2.24) is 19.7 Å². The first-order valence-corrected chi connectivity index (χ1v) is 10.1. The Kier molecular flexibility index (Phi) is 5.86. The fourth-order valence-electron chi connectivity index (χ4n) is 3.89. The van der Waals surface area contributed by atoms with Crippen molar-refractivity contribution in [3.05, 3.63) is 54.3 Å². The molecule has 2 N–H and O–H groups in total. The standard InChI is InChI=1S/C22H22N6O3.ClH/c1-13-7-14(3-5-23-13)22-26-18(12-31-22)21(30)25-17-9-19-15(10-24-27(19)2)8-20(17)28-6-4-16(29)11-28;/h3,5,7-10,12,16,29H,4,6,11H2,1-2H3,(H,25,30);1H. The van der Waals surface area contributed by atoms with Crippen LogP contribution in [0.4, 0.5) is 11.4 Å². The van der Waals surface area contributed by atoms with Crippen LogP contribution in [-0.4, -0.2) is 50.0 Å². The first kappa shape index (κ1) is 21.8. The molecule has 4 aromatic rings. The van der Waals surface area contributed by atoms with Gasteiger partial charge in [-0.2, -0.15) is 5.10 Å². The van der Waals surface area contributed by atoms with Crippen molar-refractivity contribution in [3.63, 3.8) is 0 Å². The highest BCUT2D eigenvalue weighted by molar-refractivity contribution is 6.06. The van der Waals surface area contributed by atoms with Crippen molar-refractivity contribution in [2.24, 2.45) is 7.05 Å². The lowest BCUT2D eigenvalue weighted by atomic mass is 10.1. The molecule has 1 saturated heterocycles. The van der Waals surface area contributed by atoms with Crippen LogP contribution in [0, 0.1) is 6.92 Å². The minimum absolute atomic E-state index is 0. The molecule has 166 valence electrons. The molecule has 1 aliphatic rings. The van der Waals surface area contributed by atoms with E-state index in [1.165, 1.54) is 6.26 Å². The Morgan fingerprint density at radius 3 is 2.91 bits per heavy atom. The van der Waals surface area contributed by atoms with Gasteiger partial charge in [0.15, 0.2) is 5.69 Å². The number of nitrogens with one attached hydrogen (secondary N) is 1. The van der Waals surface area contributed by atoms with Crippen LogP contribution < -0.4 is 10.2 Å². The number of amides is 1. The number of oxazole rings is 1. The lowest BCUT2D eigenvalue weighted by Crippen LogP contribution is -2.23. The first-order chi connectivity index (χ1) is 15.0. The van der Waals surface area contributed by atoms with Gasteiger partial charge in [-0.05, 0) is 37.6 Å². The average molecular weight is 455 g/mol. The van der Waals surface area contributed by atoms with E-state index in [9.17, 15) is 9.90 Å². The fourth-order valence-corrected chi connectivity index (χ4v) is 3.89. The Morgan fingerprint density at radius 1 is 1.31 bits per heavy atom. The van der Waals surface area contributed by atoms with E-state index in [1.54, 1.807) is 23.1 Å². The van der Waals surface area contributed by atoms with E-state index in [4.69, 9.17) is 4.42 Å². The number of aliphatic hydroxyl groups excluding tert-OH is 1. The molecule has 1 amide bonds. The molecule has 4 heterocycles. The zero-order valence-electron chi connectivity index (χ0n) is 17.6. The molecule has 0 spiro atoms. The van der Waals surface area contributed by atoms with Gasteiger partial charge in [-0.15, -0.1) is 12.4 Å². The van der Waals surface area contributed by atoms with E-state index >= 15 is 0 Å². The molecule has 0 bridgehead atoms. The van der Waals surface area contributed by atoms with Gasteiger partial charge >= 0.3 is 0 Å². The van der Waals surface area contributed by atoms with Gasteiger partial charge in [0.2, 0.25) is 5.89 Å². The quantitative estimate of drug-likeness (QED) is 0.487. The van der Waals surface area contributed by atoms with Crippen molar-refractivity contribution >= 4 is 40.6 Å². The van der Waals surface area contributed by atoms with E-state index < -0.39 is 0 Å². The molecule has 1 aromatic carbocycles. The lowest BCUT2D eigenvalue weighted by molar-refractivity contribution is 0.102. The molecule has 1 unspecified atom stereocenters. The number of hydrogen-bond donors (Lipinski definition) is 2. The van der Waals surface area contributed by atoms with E-state index in [0.717, 1.165) is 27.8 Å². The summed E-state index contributed by atoms with van der Waals surface area (Å²) in [4.78, 5) is 23.6. The van der Waals surface area contributed by atoms with E-state index in [2.05, 4.69) is 25.3 Å². The van der Waals surface area contributed by atoms with Gasteiger partial charge in [0, 0.05) is 43.0 Å². The second-order valence-corrected chi connectivity index (χ2v) is 7.76. The summed E-state index contributed by atoms with van der Waals surface area (Å²) in [6.45, 7) is 3.11. The van der Waals surface area contributed by atoms with E-state index in [-0.39, 0.29) is 30.1 Å². The topological polar surface area (TPSA) is 109 Å². The number of β-amino-alcohol motifs (C(OH)–C–C–N with tert-alkyl or cyclic N) is 1. The second-order valence-electron chi connectivity index (χ2n) is 7.76. The summed E-state index contributed by atoms with van der Waals surface area (Å²) in [5, 5.41) is 18.2. The van der Waals surface area contributed by atoms with Crippen molar-refractivity contribution in [3.8, 4) is 11.5 Å². The molecule has 3 aromatic heterocycles. The summed E-state index contributed by atoms with van der Waals surface area (Å²) >= 11 is 0. The van der Waals surface area contributed by atoms with E-state index in [0.29, 0.717) is 31.1 Å². The van der Waals surface area contributed by atoms with Crippen LogP contribution >= 0.6 is 12.4 Å². The number of nitrogens with zero attached hydrogens (tertiary/aromatic N) is 5. The van der Waals surface area contributed by atoms with Crippen LogP contribution in [-0.2, 0) is 7.05 Å². The first-order valence-electron chi connectivity index (χ1n) is 10.1. The highest BCUT2D eigenvalue weighted by Crippen LogP contribution is 2.34. The number of halogens is 1. The van der Waals surface area contributed by atoms with Gasteiger partial charge < -0.3 is 19.7 Å². The molecule has 9 nitrogen and oxygen atoms in total. The number of benzene rings is 1. The molecule has 0 aliphatic carbocycles. The monoisotopic (exact) mass is 454 g/mol. The Balaban J connectivity index is 0.00000245. The largest absolute Gasteiger partial charge is 0.444 e. The SMILES string of the molecule is Cc1cc(-c2nc(C(=O)Nc3cc4c(cnn4C)cc3N3CCC(O)C3)co2)ccn1.Cl. The Morgan fingerprint density at radius 2 is 2.16 bits per heavy atom. The Bertz CT molecular complexity index is 1280. The van der Waals surface area contributed by atoms with Gasteiger partial charge in [0.05, 0.1) is 29.2 Å². The minimum Gasteiger partial charge on any atom is -0.444 e. The summed E-state index contributed by atoms with van der Waals surface area (Å²) in [6, 6.07) is 7.52. The van der Waals surface area contributed by atoms with Crippen molar-refractivity contribution in [1.29, 1.82) is 0 Å². The molecule has 1 atom stereocenters. The number of aliphatic hydroxyl groups is 1. The molecular formula is C22H23ClN6O3. The van der Waals surface area contributed by atoms with Gasteiger partial charge in [-0.1, -0.05) is 0 Å². The molecule has 0 saturated carbocycles. The van der Waals surface area contributed by atoms with Gasteiger partial charge in [-0.3, -0.25) is 14.5 Å². The predicted octanol–water partition coefficient (Wildman–Crippen LogP) is 3.18. The number of aromatic nitrogens is 4. The number of pyridine rings is 1. The van der Waals surface area contributed by atoms with Crippen LogP contribution in [0.25, 0.3) is 22.4 Å². The second kappa shape index (κ2) is 8.60. The zero-order valence-corrected chi connectivity index (χ0v) is 18.5. The van der Waals surface area contributed by atoms with Crippen LogP contribution in [0.3, 0.4) is 0 Å². The number of aryl methyl sites for hydroxylation is 2. The molecule has 10 heteroatoms. The minimum atomic E-state index is -0.380. The average Bonchev–Trinajstić information content (AvgIpc) is 3.48. The third-order valence-electron chi connectivity index (χ3n) is 5.50. The Hall–Kier alpha value is -3.43. The maximum Gasteiger partial charge on any atom is 0.277 e. The number of carbonyl (C=O) groups is 1. The number of anilines is 2. The van der Waals surface area contributed by atoms with Crippen LogP contribution in [0.5, 0.6) is 0 Å². The lowest BCUT2D eigenvalue weighted by Gasteiger charge is -2.22. The highest BCUT2D eigenvalue weighted by Gasteiger charge is 2.25.